The Hall–Kier alpha value is -2.33. The van der Waals surface area contributed by atoms with Crippen molar-refractivity contribution in [3.63, 3.8) is 0 Å². The molecule has 1 aliphatic rings. The predicted molar refractivity (Wildman–Crippen MR) is 144 cm³/mol. The second-order valence-electron chi connectivity index (χ2n) is 7.89. The third kappa shape index (κ3) is 8.51. The van der Waals surface area contributed by atoms with Crippen LogP contribution in [0, 0.1) is 0 Å². The van der Waals surface area contributed by atoms with Crippen molar-refractivity contribution in [1.82, 2.24) is 20.9 Å². The molecule has 1 fully saturated rings. The number of nitrogens with one attached hydrogen (secondary N) is 3. The molecular weight excluding hydrogens is 529 g/mol. The first kappa shape index (κ1) is 26.9. The number of aliphatic imine (C=N–C) groups is 1. The average Bonchev–Trinajstić information content (AvgIpc) is 3.37. The molecule has 0 saturated carbocycles. The Bertz CT molecular complexity index is 872. The lowest BCUT2D eigenvalue weighted by Crippen LogP contribution is -2.43. The Labute approximate surface area is 214 Å². The number of rotatable bonds is 10. The normalized spacial score (nSPS) is 14.8. The number of amides is 1. The van der Waals surface area contributed by atoms with E-state index in [-0.39, 0.29) is 35.9 Å². The van der Waals surface area contributed by atoms with Gasteiger partial charge in [-0.15, -0.1) is 24.0 Å². The molecule has 180 valence electrons. The quantitative estimate of drug-likeness (QED) is 0.234. The fourth-order valence-electron chi connectivity index (χ4n) is 4.02. The van der Waals surface area contributed by atoms with Crippen LogP contribution >= 0.6 is 24.0 Å². The molecule has 1 aliphatic heterocycles. The molecule has 7 nitrogen and oxygen atoms in total. The van der Waals surface area contributed by atoms with Crippen LogP contribution in [-0.4, -0.2) is 57.1 Å². The number of benzene rings is 2. The van der Waals surface area contributed by atoms with Gasteiger partial charge in [-0.2, -0.15) is 0 Å². The Kier molecular flexibility index (Phi) is 12.0. The van der Waals surface area contributed by atoms with Crippen LogP contribution in [0.15, 0.2) is 59.6 Å². The predicted octanol–water partition coefficient (Wildman–Crippen LogP) is 3.32. The van der Waals surface area contributed by atoms with Gasteiger partial charge in [-0.1, -0.05) is 48.5 Å². The Morgan fingerprint density at radius 3 is 2.42 bits per heavy atom. The summed E-state index contributed by atoms with van der Waals surface area (Å²) >= 11 is 0. The number of hydrogen-bond donors (Lipinski definition) is 3. The SMILES string of the molecule is CN=C(NCCC(=O)NCc1ccccc1)NCC(c1ccccc1OC)N1CCCC1.I. The molecular formula is C25H36IN5O2. The zero-order valence-corrected chi connectivity index (χ0v) is 21.9. The highest BCUT2D eigenvalue weighted by molar-refractivity contribution is 14.0. The van der Waals surface area contributed by atoms with Crippen molar-refractivity contribution in [2.45, 2.75) is 31.8 Å². The van der Waals surface area contributed by atoms with Crippen molar-refractivity contribution < 1.29 is 9.53 Å². The van der Waals surface area contributed by atoms with Gasteiger partial charge in [-0.3, -0.25) is 14.7 Å². The van der Waals surface area contributed by atoms with E-state index >= 15 is 0 Å². The zero-order valence-electron chi connectivity index (χ0n) is 19.5. The molecule has 1 atom stereocenters. The van der Waals surface area contributed by atoms with Gasteiger partial charge in [0.15, 0.2) is 5.96 Å². The van der Waals surface area contributed by atoms with Crippen LogP contribution in [0.5, 0.6) is 5.75 Å². The summed E-state index contributed by atoms with van der Waals surface area (Å²) in [5.74, 6) is 1.62. The number of carbonyl (C=O) groups is 1. The van der Waals surface area contributed by atoms with E-state index in [1.807, 2.05) is 42.5 Å². The van der Waals surface area contributed by atoms with Gasteiger partial charge in [0, 0.05) is 38.7 Å². The van der Waals surface area contributed by atoms with Crippen LogP contribution < -0.4 is 20.7 Å². The largest absolute Gasteiger partial charge is 0.496 e. The first-order chi connectivity index (χ1) is 15.7. The molecule has 0 bridgehead atoms. The summed E-state index contributed by atoms with van der Waals surface area (Å²) in [6.45, 7) is 3.93. The lowest BCUT2D eigenvalue weighted by atomic mass is 10.0. The number of hydrogen-bond acceptors (Lipinski definition) is 4. The van der Waals surface area contributed by atoms with E-state index in [0.29, 0.717) is 32.0 Å². The standard InChI is InChI=1S/C25H35N5O2.HI/c1-26-25(27-15-14-24(31)28-18-20-10-4-3-5-11-20)29-19-22(30-16-8-9-17-30)21-12-6-7-13-23(21)32-2;/h3-7,10-13,22H,8-9,14-19H2,1-2H3,(H,28,31)(H2,26,27,29);1H. The maximum absolute atomic E-state index is 12.1. The molecule has 1 amide bonds. The zero-order chi connectivity index (χ0) is 22.6. The third-order valence-electron chi connectivity index (χ3n) is 5.74. The molecule has 2 aromatic carbocycles. The molecule has 1 unspecified atom stereocenters. The summed E-state index contributed by atoms with van der Waals surface area (Å²) in [5.41, 5.74) is 2.27. The minimum absolute atomic E-state index is 0. The maximum atomic E-state index is 12.1. The lowest BCUT2D eigenvalue weighted by molar-refractivity contribution is -0.121. The summed E-state index contributed by atoms with van der Waals surface area (Å²) in [7, 11) is 3.47. The number of ether oxygens (including phenoxy) is 1. The van der Waals surface area contributed by atoms with Gasteiger partial charge in [0.1, 0.15) is 5.75 Å². The van der Waals surface area contributed by atoms with Crippen molar-refractivity contribution in [2.24, 2.45) is 4.99 Å². The molecule has 1 heterocycles. The van der Waals surface area contributed by atoms with E-state index in [1.165, 1.54) is 18.4 Å². The van der Waals surface area contributed by atoms with Gasteiger partial charge in [0.25, 0.3) is 0 Å². The van der Waals surface area contributed by atoms with Gasteiger partial charge >= 0.3 is 0 Å². The first-order valence-corrected chi connectivity index (χ1v) is 11.3. The molecule has 8 heteroatoms. The lowest BCUT2D eigenvalue weighted by Gasteiger charge is -2.30. The molecule has 3 N–H and O–H groups in total. The van der Waals surface area contributed by atoms with Gasteiger partial charge in [-0.25, -0.2) is 0 Å². The van der Waals surface area contributed by atoms with Gasteiger partial charge in [0.05, 0.1) is 13.2 Å². The minimum atomic E-state index is 0. The first-order valence-electron chi connectivity index (χ1n) is 11.3. The smallest absolute Gasteiger partial charge is 0.222 e. The van der Waals surface area contributed by atoms with E-state index < -0.39 is 0 Å². The molecule has 2 aromatic rings. The number of carbonyl (C=O) groups excluding carboxylic acids is 1. The Morgan fingerprint density at radius 2 is 1.73 bits per heavy atom. The minimum Gasteiger partial charge on any atom is -0.496 e. The van der Waals surface area contributed by atoms with Crippen molar-refractivity contribution in [3.8, 4) is 5.75 Å². The number of likely N-dealkylation sites (tertiary alicyclic amines) is 1. The van der Waals surface area contributed by atoms with Crippen molar-refractivity contribution >= 4 is 35.8 Å². The average molecular weight is 566 g/mol. The molecule has 1 saturated heterocycles. The van der Waals surface area contributed by atoms with Crippen molar-refractivity contribution in [3.05, 3.63) is 65.7 Å². The van der Waals surface area contributed by atoms with E-state index in [9.17, 15) is 4.79 Å². The van der Waals surface area contributed by atoms with Crippen LogP contribution in [-0.2, 0) is 11.3 Å². The van der Waals surface area contributed by atoms with E-state index in [2.05, 4.69) is 38.0 Å². The highest BCUT2D eigenvalue weighted by Crippen LogP contribution is 2.31. The third-order valence-corrected chi connectivity index (χ3v) is 5.74. The maximum Gasteiger partial charge on any atom is 0.222 e. The van der Waals surface area contributed by atoms with Crippen LogP contribution in [0.2, 0.25) is 0 Å². The van der Waals surface area contributed by atoms with Gasteiger partial charge in [-0.05, 0) is 37.6 Å². The van der Waals surface area contributed by atoms with Crippen LogP contribution in [0.1, 0.15) is 36.4 Å². The highest BCUT2D eigenvalue weighted by Gasteiger charge is 2.26. The highest BCUT2D eigenvalue weighted by atomic mass is 127. The van der Waals surface area contributed by atoms with Crippen molar-refractivity contribution in [2.75, 3.05) is 40.3 Å². The molecule has 3 rings (SSSR count). The Morgan fingerprint density at radius 1 is 1.03 bits per heavy atom. The summed E-state index contributed by atoms with van der Waals surface area (Å²) in [5, 5.41) is 9.64. The fourth-order valence-corrected chi connectivity index (χ4v) is 4.02. The van der Waals surface area contributed by atoms with Crippen LogP contribution in [0.4, 0.5) is 0 Å². The number of halogens is 1. The summed E-state index contributed by atoms with van der Waals surface area (Å²) in [4.78, 5) is 19.0. The van der Waals surface area contributed by atoms with Gasteiger partial charge < -0.3 is 20.7 Å². The van der Waals surface area contributed by atoms with Crippen LogP contribution in [0.3, 0.4) is 0 Å². The van der Waals surface area contributed by atoms with Crippen LogP contribution in [0.25, 0.3) is 0 Å². The number of para-hydroxylation sites is 1. The molecule has 0 radical (unpaired) electrons. The summed E-state index contributed by atoms with van der Waals surface area (Å²) in [6, 6.07) is 18.3. The fraction of sp³-hybridized carbons (Fsp3) is 0.440. The molecule has 33 heavy (non-hydrogen) atoms. The second kappa shape index (κ2) is 14.7. The van der Waals surface area contributed by atoms with E-state index in [1.54, 1.807) is 14.2 Å². The summed E-state index contributed by atoms with van der Waals surface area (Å²) < 4.78 is 5.62. The van der Waals surface area contributed by atoms with Crippen molar-refractivity contribution in [1.29, 1.82) is 0 Å². The molecule has 0 spiro atoms. The summed E-state index contributed by atoms with van der Waals surface area (Å²) in [6.07, 6.45) is 2.82. The number of nitrogens with zero attached hydrogens (tertiary/aromatic N) is 2. The number of guanidine groups is 1. The van der Waals surface area contributed by atoms with E-state index in [0.717, 1.165) is 24.4 Å². The van der Waals surface area contributed by atoms with Gasteiger partial charge in [0.2, 0.25) is 5.91 Å². The number of methoxy groups -OCH3 is 1. The molecule has 0 aromatic heterocycles. The van der Waals surface area contributed by atoms with E-state index in [4.69, 9.17) is 4.74 Å². The monoisotopic (exact) mass is 565 g/mol. The molecule has 0 aliphatic carbocycles. The Balaban J connectivity index is 0.00000385. The second-order valence-corrected chi connectivity index (χ2v) is 7.89. The topological polar surface area (TPSA) is 78.0 Å².